The number of hydrogen-bond donors (Lipinski definition) is 0. The van der Waals surface area contributed by atoms with Crippen LogP contribution in [0.25, 0.3) is 0 Å². The van der Waals surface area contributed by atoms with Crippen molar-refractivity contribution < 1.29 is 19.0 Å². The van der Waals surface area contributed by atoms with Crippen molar-refractivity contribution in [3.63, 3.8) is 0 Å². The van der Waals surface area contributed by atoms with Crippen molar-refractivity contribution >= 4 is 5.97 Å². The molecule has 0 aliphatic rings. The third kappa shape index (κ3) is 10.0. The fraction of sp³-hybridized carbons (Fsp3) is 0.769. The Balaban J connectivity index is 3.58. The van der Waals surface area contributed by atoms with Crippen LogP contribution in [0, 0.1) is 5.92 Å². The van der Waals surface area contributed by atoms with Gasteiger partial charge in [-0.2, -0.15) is 0 Å². The Labute approximate surface area is 104 Å². The molecule has 4 nitrogen and oxygen atoms in total. The van der Waals surface area contributed by atoms with Crippen LogP contribution < -0.4 is 0 Å². The number of esters is 1. The topological polar surface area (TPSA) is 44.8 Å². The standard InChI is InChI=1S/C13H24O4/c1-6-13(14)17-9-12(5)16-8-11(4)15-7-10(2)3/h6,10-12H,1,7-9H2,2-5H3. The minimum absolute atomic E-state index is 0.0509. The van der Waals surface area contributed by atoms with Gasteiger partial charge in [-0.3, -0.25) is 0 Å². The Morgan fingerprint density at radius 1 is 1.06 bits per heavy atom. The van der Waals surface area contributed by atoms with E-state index in [4.69, 9.17) is 14.2 Å². The number of hydrogen-bond acceptors (Lipinski definition) is 4. The Morgan fingerprint density at radius 3 is 2.12 bits per heavy atom. The summed E-state index contributed by atoms with van der Waals surface area (Å²) in [6, 6.07) is 0. The minimum Gasteiger partial charge on any atom is -0.460 e. The number of carbonyl (C=O) groups is 1. The highest BCUT2D eigenvalue weighted by atomic mass is 16.6. The van der Waals surface area contributed by atoms with Gasteiger partial charge >= 0.3 is 5.97 Å². The van der Waals surface area contributed by atoms with E-state index in [2.05, 4.69) is 20.4 Å². The van der Waals surface area contributed by atoms with Gasteiger partial charge in [0.05, 0.1) is 18.8 Å². The van der Waals surface area contributed by atoms with Gasteiger partial charge in [-0.05, 0) is 19.8 Å². The van der Waals surface area contributed by atoms with Gasteiger partial charge in [-0.15, -0.1) is 0 Å². The van der Waals surface area contributed by atoms with Gasteiger partial charge in [-0.1, -0.05) is 20.4 Å². The van der Waals surface area contributed by atoms with Crippen LogP contribution in [0.15, 0.2) is 12.7 Å². The summed E-state index contributed by atoms with van der Waals surface area (Å²) in [7, 11) is 0. The first-order valence-electron chi connectivity index (χ1n) is 5.98. The van der Waals surface area contributed by atoms with Crippen molar-refractivity contribution in [2.24, 2.45) is 5.92 Å². The third-order valence-electron chi connectivity index (χ3n) is 1.96. The molecule has 0 N–H and O–H groups in total. The fourth-order valence-corrected chi connectivity index (χ4v) is 1.01. The van der Waals surface area contributed by atoms with Crippen molar-refractivity contribution in [2.75, 3.05) is 19.8 Å². The molecule has 0 rings (SSSR count). The first-order chi connectivity index (χ1) is 7.95. The molecule has 0 saturated heterocycles. The van der Waals surface area contributed by atoms with Crippen LogP contribution in [-0.2, 0) is 19.0 Å². The largest absolute Gasteiger partial charge is 0.460 e. The lowest BCUT2D eigenvalue weighted by Crippen LogP contribution is -2.25. The fourth-order valence-electron chi connectivity index (χ4n) is 1.01. The van der Waals surface area contributed by atoms with E-state index in [0.29, 0.717) is 12.5 Å². The third-order valence-corrected chi connectivity index (χ3v) is 1.96. The molecular weight excluding hydrogens is 220 g/mol. The molecule has 0 heterocycles. The first-order valence-corrected chi connectivity index (χ1v) is 5.98. The van der Waals surface area contributed by atoms with E-state index < -0.39 is 5.97 Å². The highest BCUT2D eigenvalue weighted by Crippen LogP contribution is 2.01. The van der Waals surface area contributed by atoms with Crippen molar-refractivity contribution in [1.29, 1.82) is 0 Å². The van der Waals surface area contributed by atoms with Crippen LogP contribution >= 0.6 is 0 Å². The summed E-state index contributed by atoms with van der Waals surface area (Å²) >= 11 is 0. The average molecular weight is 244 g/mol. The van der Waals surface area contributed by atoms with Gasteiger partial charge in [0.25, 0.3) is 0 Å². The van der Waals surface area contributed by atoms with Crippen LogP contribution in [0.5, 0.6) is 0 Å². The monoisotopic (exact) mass is 244 g/mol. The van der Waals surface area contributed by atoms with Crippen molar-refractivity contribution in [2.45, 2.75) is 39.9 Å². The Hall–Kier alpha value is -0.870. The van der Waals surface area contributed by atoms with E-state index in [1.54, 1.807) is 0 Å². The summed E-state index contributed by atoms with van der Waals surface area (Å²) < 4.78 is 15.9. The second kappa shape index (κ2) is 9.19. The van der Waals surface area contributed by atoms with E-state index in [9.17, 15) is 4.79 Å². The molecule has 0 fully saturated rings. The second-order valence-electron chi connectivity index (χ2n) is 4.52. The molecule has 17 heavy (non-hydrogen) atoms. The van der Waals surface area contributed by atoms with E-state index in [0.717, 1.165) is 12.7 Å². The normalized spacial score (nSPS) is 14.4. The van der Waals surface area contributed by atoms with Gasteiger partial charge in [0.2, 0.25) is 0 Å². The Kier molecular flexibility index (Phi) is 8.72. The van der Waals surface area contributed by atoms with Gasteiger partial charge in [0.15, 0.2) is 0 Å². The lowest BCUT2D eigenvalue weighted by molar-refractivity contribution is -0.142. The maximum absolute atomic E-state index is 10.8. The lowest BCUT2D eigenvalue weighted by Gasteiger charge is -2.18. The smallest absolute Gasteiger partial charge is 0.330 e. The zero-order valence-corrected chi connectivity index (χ0v) is 11.3. The summed E-state index contributed by atoms with van der Waals surface area (Å²) in [5, 5.41) is 0. The average Bonchev–Trinajstić information content (AvgIpc) is 2.30. The van der Waals surface area contributed by atoms with Gasteiger partial charge < -0.3 is 14.2 Å². The maximum Gasteiger partial charge on any atom is 0.330 e. The quantitative estimate of drug-likeness (QED) is 0.460. The molecule has 0 aromatic carbocycles. The number of rotatable bonds is 9. The maximum atomic E-state index is 10.8. The molecule has 100 valence electrons. The number of ether oxygens (including phenoxy) is 3. The van der Waals surface area contributed by atoms with Crippen LogP contribution in [0.4, 0.5) is 0 Å². The highest BCUT2D eigenvalue weighted by Gasteiger charge is 2.09. The molecule has 4 heteroatoms. The van der Waals surface area contributed by atoms with Crippen molar-refractivity contribution in [3.05, 3.63) is 12.7 Å². The second-order valence-corrected chi connectivity index (χ2v) is 4.52. The zero-order valence-electron chi connectivity index (χ0n) is 11.3. The molecule has 0 aromatic heterocycles. The summed E-state index contributed by atoms with van der Waals surface area (Å²) in [4.78, 5) is 10.8. The molecule has 0 aromatic rings. The highest BCUT2D eigenvalue weighted by molar-refractivity contribution is 5.81. The summed E-state index contributed by atoms with van der Waals surface area (Å²) in [6.45, 7) is 12.8. The zero-order chi connectivity index (χ0) is 13.3. The SMILES string of the molecule is C=CC(=O)OCC(C)OCC(C)OCC(C)C. The molecule has 0 spiro atoms. The molecule has 2 unspecified atom stereocenters. The van der Waals surface area contributed by atoms with E-state index in [1.165, 1.54) is 0 Å². The summed E-state index contributed by atoms with van der Waals surface area (Å²) in [5.74, 6) is 0.0907. The van der Waals surface area contributed by atoms with Crippen molar-refractivity contribution in [3.8, 4) is 0 Å². The van der Waals surface area contributed by atoms with E-state index >= 15 is 0 Å². The first kappa shape index (κ1) is 16.1. The van der Waals surface area contributed by atoms with Gasteiger partial charge in [0.1, 0.15) is 6.61 Å². The molecule has 0 radical (unpaired) electrons. The van der Waals surface area contributed by atoms with Crippen LogP contribution in [0.1, 0.15) is 27.7 Å². The van der Waals surface area contributed by atoms with Gasteiger partial charge in [0, 0.05) is 12.7 Å². The number of carbonyl (C=O) groups excluding carboxylic acids is 1. The van der Waals surface area contributed by atoms with Crippen molar-refractivity contribution in [1.82, 2.24) is 0 Å². The molecule has 2 atom stereocenters. The summed E-state index contributed by atoms with van der Waals surface area (Å²) in [5.41, 5.74) is 0. The molecule has 0 bridgehead atoms. The van der Waals surface area contributed by atoms with Crippen LogP contribution in [0.3, 0.4) is 0 Å². The predicted molar refractivity (Wildman–Crippen MR) is 66.8 cm³/mol. The lowest BCUT2D eigenvalue weighted by atomic mass is 10.2. The molecular formula is C13H24O4. The Bertz CT molecular complexity index is 225. The molecule has 0 aliphatic carbocycles. The van der Waals surface area contributed by atoms with Crippen LogP contribution in [-0.4, -0.2) is 38.0 Å². The molecule has 0 aliphatic heterocycles. The van der Waals surface area contributed by atoms with E-state index in [-0.39, 0.29) is 18.8 Å². The molecule has 0 amide bonds. The summed E-state index contributed by atoms with van der Waals surface area (Å²) in [6.07, 6.45) is 1.06. The molecule has 0 saturated carbocycles. The van der Waals surface area contributed by atoms with Crippen LogP contribution in [0.2, 0.25) is 0 Å². The minimum atomic E-state index is -0.426. The predicted octanol–water partition coefficient (Wildman–Crippen LogP) is 2.18. The van der Waals surface area contributed by atoms with E-state index in [1.807, 2.05) is 13.8 Å². The van der Waals surface area contributed by atoms with Gasteiger partial charge in [-0.25, -0.2) is 4.79 Å². The Morgan fingerprint density at radius 2 is 1.59 bits per heavy atom.